The summed E-state index contributed by atoms with van der Waals surface area (Å²) >= 11 is 2.07. The Kier molecular flexibility index (Phi) is 5.17. The minimum absolute atomic E-state index is 0.248. The minimum atomic E-state index is -4.41. The van der Waals surface area contributed by atoms with E-state index in [0.717, 1.165) is 15.7 Å². The van der Waals surface area contributed by atoms with Crippen LogP contribution in [-0.2, 0) is 6.18 Å². The van der Waals surface area contributed by atoms with Gasteiger partial charge in [0.15, 0.2) is 0 Å². The van der Waals surface area contributed by atoms with E-state index in [1.54, 1.807) is 18.2 Å². The number of nitrogens with one attached hydrogen (secondary N) is 1. The molecule has 0 aliphatic carbocycles. The first-order valence-electron chi connectivity index (χ1n) is 6.12. The molecule has 22 heavy (non-hydrogen) atoms. The SMILES string of the molecule is O=C(N/N=C\c1cccc(C(F)(F)F)c1)c1cccc(I)c1. The summed E-state index contributed by atoms with van der Waals surface area (Å²) in [5.41, 5.74) is 2.19. The van der Waals surface area contributed by atoms with Crippen LogP contribution in [0.1, 0.15) is 21.5 Å². The number of hydrogen-bond donors (Lipinski definition) is 1. The van der Waals surface area contributed by atoms with Crippen LogP contribution in [0.5, 0.6) is 0 Å². The van der Waals surface area contributed by atoms with E-state index in [2.05, 4.69) is 33.1 Å². The Balaban J connectivity index is 2.05. The van der Waals surface area contributed by atoms with Gasteiger partial charge in [-0.2, -0.15) is 18.3 Å². The highest BCUT2D eigenvalue weighted by Gasteiger charge is 2.30. The fraction of sp³-hybridized carbons (Fsp3) is 0.0667. The van der Waals surface area contributed by atoms with E-state index in [4.69, 9.17) is 0 Å². The zero-order valence-electron chi connectivity index (χ0n) is 11.1. The van der Waals surface area contributed by atoms with Crippen LogP contribution in [0.2, 0.25) is 0 Å². The number of carbonyl (C=O) groups excluding carboxylic acids is 1. The number of rotatable bonds is 3. The van der Waals surface area contributed by atoms with Crippen molar-refractivity contribution in [2.24, 2.45) is 5.10 Å². The Hall–Kier alpha value is -1.90. The second-order valence-electron chi connectivity index (χ2n) is 4.33. The lowest BCUT2D eigenvalue weighted by atomic mass is 10.1. The smallest absolute Gasteiger partial charge is 0.267 e. The molecule has 1 N–H and O–H groups in total. The van der Waals surface area contributed by atoms with Crippen LogP contribution in [0, 0.1) is 3.57 Å². The van der Waals surface area contributed by atoms with Crippen molar-refractivity contribution in [2.45, 2.75) is 6.18 Å². The molecule has 0 heterocycles. The standard InChI is InChI=1S/C15H10F3IN2O/c16-15(17,18)12-5-1-3-10(7-12)9-20-21-14(22)11-4-2-6-13(19)8-11/h1-9H,(H,21,22)/b20-9-. The second-order valence-corrected chi connectivity index (χ2v) is 5.58. The third-order valence-corrected chi connectivity index (χ3v) is 3.35. The lowest BCUT2D eigenvalue weighted by Crippen LogP contribution is -2.17. The summed E-state index contributed by atoms with van der Waals surface area (Å²) in [6.45, 7) is 0. The van der Waals surface area contributed by atoms with Crippen LogP contribution < -0.4 is 5.43 Å². The molecule has 0 saturated carbocycles. The van der Waals surface area contributed by atoms with Gasteiger partial charge in [-0.15, -0.1) is 0 Å². The van der Waals surface area contributed by atoms with Gasteiger partial charge >= 0.3 is 6.18 Å². The Labute approximate surface area is 138 Å². The topological polar surface area (TPSA) is 41.5 Å². The zero-order valence-corrected chi connectivity index (χ0v) is 13.2. The molecule has 0 spiro atoms. The first kappa shape index (κ1) is 16.5. The quantitative estimate of drug-likeness (QED) is 0.456. The van der Waals surface area contributed by atoms with Crippen molar-refractivity contribution >= 4 is 34.7 Å². The van der Waals surface area contributed by atoms with Crippen LogP contribution in [-0.4, -0.2) is 12.1 Å². The number of halogens is 4. The van der Waals surface area contributed by atoms with Crippen LogP contribution in [0.15, 0.2) is 53.6 Å². The van der Waals surface area contributed by atoms with Crippen LogP contribution in [0.25, 0.3) is 0 Å². The Morgan fingerprint density at radius 1 is 1.14 bits per heavy atom. The molecule has 0 aliphatic rings. The highest BCUT2D eigenvalue weighted by Crippen LogP contribution is 2.29. The maximum Gasteiger partial charge on any atom is 0.416 e. The molecule has 0 bridgehead atoms. The van der Waals surface area contributed by atoms with Gasteiger partial charge in [-0.3, -0.25) is 4.79 Å². The first-order valence-corrected chi connectivity index (χ1v) is 7.20. The van der Waals surface area contributed by atoms with Crippen LogP contribution >= 0.6 is 22.6 Å². The van der Waals surface area contributed by atoms with Gasteiger partial charge in [-0.25, -0.2) is 5.43 Å². The number of carbonyl (C=O) groups is 1. The molecular weight excluding hydrogens is 408 g/mol. The van der Waals surface area contributed by atoms with Gasteiger partial charge in [-0.05, 0) is 58.5 Å². The Morgan fingerprint density at radius 3 is 2.55 bits per heavy atom. The third-order valence-electron chi connectivity index (χ3n) is 2.68. The normalized spacial score (nSPS) is 11.6. The zero-order chi connectivity index (χ0) is 16.2. The molecule has 3 nitrogen and oxygen atoms in total. The number of hydrogen-bond acceptors (Lipinski definition) is 2. The van der Waals surface area contributed by atoms with E-state index < -0.39 is 17.6 Å². The second kappa shape index (κ2) is 6.91. The predicted molar refractivity (Wildman–Crippen MR) is 85.7 cm³/mol. The molecule has 2 aromatic rings. The van der Waals surface area contributed by atoms with Gasteiger partial charge < -0.3 is 0 Å². The molecule has 0 fully saturated rings. The predicted octanol–water partition coefficient (Wildman–Crippen LogP) is 4.07. The molecule has 0 radical (unpaired) electrons. The largest absolute Gasteiger partial charge is 0.416 e. The number of amides is 1. The number of nitrogens with zero attached hydrogens (tertiary/aromatic N) is 1. The van der Waals surface area contributed by atoms with E-state index in [1.807, 2.05) is 6.07 Å². The maximum absolute atomic E-state index is 12.6. The van der Waals surface area contributed by atoms with Crippen molar-refractivity contribution in [1.82, 2.24) is 5.43 Å². The van der Waals surface area contributed by atoms with Crippen molar-refractivity contribution in [3.05, 3.63) is 68.8 Å². The lowest BCUT2D eigenvalue weighted by Gasteiger charge is -2.06. The van der Waals surface area contributed by atoms with Crippen molar-refractivity contribution in [3.63, 3.8) is 0 Å². The highest BCUT2D eigenvalue weighted by molar-refractivity contribution is 14.1. The monoisotopic (exact) mass is 418 g/mol. The van der Waals surface area contributed by atoms with Crippen molar-refractivity contribution in [1.29, 1.82) is 0 Å². The van der Waals surface area contributed by atoms with E-state index in [-0.39, 0.29) is 5.56 Å². The molecule has 7 heteroatoms. The van der Waals surface area contributed by atoms with Crippen LogP contribution in [0.3, 0.4) is 0 Å². The van der Waals surface area contributed by atoms with Gasteiger partial charge in [0.25, 0.3) is 5.91 Å². The minimum Gasteiger partial charge on any atom is -0.267 e. The summed E-state index contributed by atoms with van der Waals surface area (Å²) in [4.78, 5) is 11.8. The van der Waals surface area contributed by atoms with Gasteiger partial charge in [0, 0.05) is 9.13 Å². The van der Waals surface area contributed by atoms with Crippen molar-refractivity contribution < 1.29 is 18.0 Å². The molecule has 0 aliphatic heterocycles. The van der Waals surface area contributed by atoms with E-state index in [9.17, 15) is 18.0 Å². The molecule has 0 saturated heterocycles. The number of hydrazone groups is 1. The summed E-state index contributed by atoms with van der Waals surface area (Å²) in [6, 6.07) is 11.5. The molecule has 2 aromatic carbocycles. The first-order chi connectivity index (χ1) is 10.4. The average Bonchev–Trinajstić information content (AvgIpc) is 2.46. The van der Waals surface area contributed by atoms with Crippen molar-refractivity contribution in [2.75, 3.05) is 0 Å². The summed E-state index contributed by atoms with van der Waals surface area (Å²) in [5.74, 6) is -0.429. The summed E-state index contributed by atoms with van der Waals surface area (Å²) in [7, 11) is 0. The van der Waals surface area contributed by atoms with E-state index >= 15 is 0 Å². The lowest BCUT2D eigenvalue weighted by molar-refractivity contribution is -0.137. The molecule has 0 unspecified atom stereocenters. The Bertz CT molecular complexity index is 714. The van der Waals surface area contributed by atoms with Gasteiger partial charge in [0.1, 0.15) is 0 Å². The fourth-order valence-electron chi connectivity index (χ4n) is 1.66. The van der Waals surface area contributed by atoms with Crippen LogP contribution in [0.4, 0.5) is 13.2 Å². The third kappa shape index (κ3) is 4.55. The molecular formula is C15H10F3IN2O. The summed E-state index contributed by atoms with van der Waals surface area (Å²) < 4.78 is 38.6. The van der Waals surface area contributed by atoms with Gasteiger partial charge in [-0.1, -0.05) is 18.2 Å². The number of benzene rings is 2. The Morgan fingerprint density at radius 2 is 1.86 bits per heavy atom. The van der Waals surface area contributed by atoms with Gasteiger partial charge in [0.2, 0.25) is 0 Å². The summed E-state index contributed by atoms with van der Waals surface area (Å²) in [6.07, 6.45) is -3.24. The van der Waals surface area contributed by atoms with E-state index in [0.29, 0.717) is 5.56 Å². The summed E-state index contributed by atoms with van der Waals surface area (Å²) in [5, 5.41) is 3.68. The maximum atomic E-state index is 12.6. The fourth-order valence-corrected chi connectivity index (χ4v) is 2.20. The van der Waals surface area contributed by atoms with E-state index in [1.165, 1.54) is 18.3 Å². The molecule has 0 aromatic heterocycles. The number of alkyl halides is 3. The molecule has 2 rings (SSSR count). The highest BCUT2D eigenvalue weighted by atomic mass is 127. The molecule has 1 amide bonds. The average molecular weight is 418 g/mol. The van der Waals surface area contributed by atoms with Gasteiger partial charge in [0.05, 0.1) is 11.8 Å². The molecule has 0 atom stereocenters. The molecule has 114 valence electrons. The van der Waals surface area contributed by atoms with Crippen molar-refractivity contribution in [3.8, 4) is 0 Å².